The molecule has 5 nitrogen and oxygen atoms in total. The normalized spacial score (nSPS) is 21.6. The first-order valence-electron chi connectivity index (χ1n) is 6.84. The third-order valence-electron chi connectivity index (χ3n) is 3.82. The Kier molecular flexibility index (Phi) is 4.39. The van der Waals surface area contributed by atoms with Crippen LogP contribution in [0.3, 0.4) is 0 Å². The Labute approximate surface area is 119 Å². The van der Waals surface area contributed by atoms with E-state index in [4.69, 9.17) is 5.73 Å². The van der Waals surface area contributed by atoms with Crippen molar-refractivity contribution in [3.63, 3.8) is 0 Å². The number of likely N-dealkylation sites (tertiary alicyclic amines) is 1. The van der Waals surface area contributed by atoms with E-state index in [1.165, 1.54) is 0 Å². The lowest BCUT2D eigenvalue weighted by molar-refractivity contribution is -0.126. The van der Waals surface area contributed by atoms with Gasteiger partial charge in [0, 0.05) is 26.1 Å². The quantitative estimate of drug-likeness (QED) is 0.848. The van der Waals surface area contributed by atoms with Gasteiger partial charge in [-0.2, -0.15) is 0 Å². The number of hydrogen-bond donors (Lipinski definition) is 2. The third kappa shape index (κ3) is 3.17. The van der Waals surface area contributed by atoms with Gasteiger partial charge in [0.05, 0.1) is 12.0 Å². The molecule has 0 bridgehead atoms. The van der Waals surface area contributed by atoms with Crippen LogP contribution in [-0.2, 0) is 9.59 Å². The SMILES string of the molecule is CC(C(=O)NC1CC(=O)N(C)C1)C(N)c1ccccc1. The molecule has 1 aromatic carbocycles. The molecule has 20 heavy (non-hydrogen) atoms. The zero-order chi connectivity index (χ0) is 14.7. The number of likely N-dealkylation sites (N-methyl/N-ethyl adjacent to an activating group) is 1. The standard InChI is InChI=1S/C15H21N3O2/c1-10(14(16)11-6-4-3-5-7-11)15(20)17-12-8-13(19)18(2)9-12/h3-7,10,12,14H,8-9,16H2,1-2H3,(H,17,20). The molecule has 3 N–H and O–H groups in total. The maximum Gasteiger partial charge on any atom is 0.225 e. The van der Waals surface area contributed by atoms with Crippen molar-refractivity contribution in [1.29, 1.82) is 0 Å². The number of nitrogens with two attached hydrogens (primary N) is 1. The zero-order valence-electron chi connectivity index (χ0n) is 11.9. The molecule has 1 aliphatic heterocycles. The predicted molar refractivity (Wildman–Crippen MR) is 76.7 cm³/mol. The van der Waals surface area contributed by atoms with Crippen molar-refractivity contribution in [1.82, 2.24) is 10.2 Å². The van der Waals surface area contributed by atoms with Crippen LogP contribution >= 0.6 is 0 Å². The van der Waals surface area contributed by atoms with Gasteiger partial charge in [0.25, 0.3) is 0 Å². The predicted octanol–water partition coefficient (Wildman–Crippen LogP) is 0.669. The number of nitrogens with one attached hydrogen (secondary N) is 1. The van der Waals surface area contributed by atoms with Crippen molar-refractivity contribution in [3.05, 3.63) is 35.9 Å². The summed E-state index contributed by atoms with van der Waals surface area (Å²) in [5.41, 5.74) is 7.07. The van der Waals surface area contributed by atoms with Crippen LogP contribution in [0.15, 0.2) is 30.3 Å². The number of hydrogen-bond acceptors (Lipinski definition) is 3. The van der Waals surface area contributed by atoms with E-state index < -0.39 is 0 Å². The number of amides is 2. The van der Waals surface area contributed by atoms with Gasteiger partial charge in [-0.05, 0) is 5.56 Å². The van der Waals surface area contributed by atoms with Gasteiger partial charge in [0.1, 0.15) is 0 Å². The summed E-state index contributed by atoms with van der Waals surface area (Å²) in [5.74, 6) is -0.372. The van der Waals surface area contributed by atoms with Gasteiger partial charge in [-0.3, -0.25) is 9.59 Å². The highest BCUT2D eigenvalue weighted by molar-refractivity contribution is 5.83. The minimum absolute atomic E-state index is 0.0651. The van der Waals surface area contributed by atoms with Crippen LogP contribution in [-0.4, -0.2) is 36.3 Å². The van der Waals surface area contributed by atoms with E-state index in [2.05, 4.69) is 5.32 Å². The Bertz CT molecular complexity index is 489. The van der Waals surface area contributed by atoms with E-state index in [-0.39, 0.29) is 29.8 Å². The summed E-state index contributed by atoms with van der Waals surface area (Å²) in [5, 5.41) is 2.91. The summed E-state index contributed by atoms with van der Waals surface area (Å²) in [4.78, 5) is 25.3. The first-order chi connectivity index (χ1) is 9.49. The lowest BCUT2D eigenvalue weighted by Gasteiger charge is -2.22. The molecule has 0 aliphatic carbocycles. The Morgan fingerprint density at radius 1 is 1.40 bits per heavy atom. The van der Waals surface area contributed by atoms with E-state index in [1.807, 2.05) is 37.3 Å². The van der Waals surface area contributed by atoms with E-state index in [0.29, 0.717) is 13.0 Å². The van der Waals surface area contributed by atoms with E-state index in [9.17, 15) is 9.59 Å². The highest BCUT2D eigenvalue weighted by atomic mass is 16.2. The van der Waals surface area contributed by atoms with Gasteiger partial charge in [-0.25, -0.2) is 0 Å². The van der Waals surface area contributed by atoms with Gasteiger partial charge >= 0.3 is 0 Å². The van der Waals surface area contributed by atoms with Crippen LogP contribution < -0.4 is 11.1 Å². The van der Waals surface area contributed by atoms with Crippen molar-refractivity contribution >= 4 is 11.8 Å². The van der Waals surface area contributed by atoms with Crippen molar-refractivity contribution < 1.29 is 9.59 Å². The van der Waals surface area contributed by atoms with Gasteiger partial charge < -0.3 is 16.0 Å². The van der Waals surface area contributed by atoms with Crippen molar-refractivity contribution in [2.45, 2.75) is 25.4 Å². The van der Waals surface area contributed by atoms with Gasteiger partial charge in [-0.1, -0.05) is 37.3 Å². The minimum Gasteiger partial charge on any atom is -0.351 e. The molecule has 1 fully saturated rings. The number of carbonyl (C=O) groups excluding carboxylic acids is 2. The molecule has 2 rings (SSSR count). The Hall–Kier alpha value is -1.88. The Morgan fingerprint density at radius 2 is 2.05 bits per heavy atom. The summed E-state index contributed by atoms with van der Waals surface area (Å²) < 4.78 is 0. The fraction of sp³-hybridized carbons (Fsp3) is 0.467. The molecular formula is C15H21N3O2. The second kappa shape index (κ2) is 6.05. The van der Waals surface area contributed by atoms with E-state index in [1.54, 1.807) is 11.9 Å². The molecule has 1 saturated heterocycles. The van der Waals surface area contributed by atoms with Crippen LogP contribution in [0.2, 0.25) is 0 Å². The van der Waals surface area contributed by atoms with Crippen LogP contribution in [0.4, 0.5) is 0 Å². The summed E-state index contributed by atoms with van der Waals surface area (Å²) in [6.45, 7) is 2.38. The number of carbonyl (C=O) groups is 2. The highest BCUT2D eigenvalue weighted by Gasteiger charge is 2.30. The smallest absolute Gasteiger partial charge is 0.225 e. The second-order valence-corrected chi connectivity index (χ2v) is 5.41. The molecule has 0 radical (unpaired) electrons. The number of rotatable bonds is 4. The highest BCUT2D eigenvalue weighted by Crippen LogP contribution is 2.20. The van der Waals surface area contributed by atoms with E-state index in [0.717, 1.165) is 5.56 Å². The molecule has 2 amide bonds. The van der Waals surface area contributed by atoms with Crippen molar-refractivity contribution in [2.75, 3.05) is 13.6 Å². The minimum atomic E-state index is -0.342. The first-order valence-corrected chi connectivity index (χ1v) is 6.84. The molecule has 0 spiro atoms. The molecule has 5 heteroatoms. The lowest BCUT2D eigenvalue weighted by Crippen LogP contribution is -2.42. The average molecular weight is 275 g/mol. The summed E-state index contributed by atoms with van der Waals surface area (Å²) in [6.07, 6.45) is 0.371. The molecule has 1 heterocycles. The fourth-order valence-electron chi connectivity index (χ4n) is 2.42. The topological polar surface area (TPSA) is 75.4 Å². The third-order valence-corrected chi connectivity index (χ3v) is 3.82. The molecule has 0 aromatic heterocycles. The van der Waals surface area contributed by atoms with Gasteiger partial charge in [0.15, 0.2) is 0 Å². The lowest BCUT2D eigenvalue weighted by atomic mass is 9.94. The fourth-order valence-corrected chi connectivity index (χ4v) is 2.42. The molecule has 0 saturated carbocycles. The van der Waals surface area contributed by atoms with Gasteiger partial charge in [-0.15, -0.1) is 0 Å². The molecule has 3 atom stereocenters. The number of nitrogens with zero attached hydrogens (tertiary/aromatic N) is 1. The molecule has 1 aromatic rings. The molecule has 3 unspecified atom stereocenters. The monoisotopic (exact) mass is 275 g/mol. The summed E-state index contributed by atoms with van der Waals surface area (Å²) in [6, 6.07) is 9.12. The van der Waals surface area contributed by atoms with E-state index >= 15 is 0 Å². The van der Waals surface area contributed by atoms with Crippen LogP contribution in [0.25, 0.3) is 0 Å². The molecule has 1 aliphatic rings. The summed E-state index contributed by atoms with van der Waals surface area (Å²) >= 11 is 0. The van der Waals surface area contributed by atoms with Crippen LogP contribution in [0.1, 0.15) is 24.9 Å². The Balaban J connectivity index is 1.94. The first kappa shape index (κ1) is 14.5. The molecule has 108 valence electrons. The van der Waals surface area contributed by atoms with Crippen molar-refractivity contribution in [3.8, 4) is 0 Å². The summed E-state index contributed by atoms with van der Waals surface area (Å²) in [7, 11) is 1.74. The van der Waals surface area contributed by atoms with Crippen LogP contribution in [0.5, 0.6) is 0 Å². The molecular weight excluding hydrogens is 254 g/mol. The van der Waals surface area contributed by atoms with Crippen molar-refractivity contribution in [2.24, 2.45) is 11.7 Å². The number of benzene rings is 1. The second-order valence-electron chi connectivity index (χ2n) is 5.41. The zero-order valence-corrected chi connectivity index (χ0v) is 11.9. The van der Waals surface area contributed by atoms with Crippen LogP contribution in [0, 0.1) is 5.92 Å². The maximum atomic E-state index is 12.2. The maximum absolute atomic E-state index is 12.2. The van der Waals surface area contributed by atoms with Gasteiger partial charge in [0.2, 0.25) is 11.8 Å². The average Bonchev–Trinajstić information content (AvgIpc) is 2.76. The largest absolute Gasteiger partial charge is 0.351 e. The Morgan fingerprint density at radius 3 is 2.60 bits per heavy atom.